The number of hydrogen-bond donors (Lipinski definition) is 0. The van der Waals surface area contributed by atoms with Gasteiger partial charge in [0.25, 0.3) is 0 Å². The number of thioether (sulfide) groups is 1. The Labute approximate surface area is 168 Å². The first-order valence-corrected chi connectivity index (χ1v) is 10.1. The van der Waals surface area contributed by atoms with Gasteiger partial charge < -0.3 is 24.3 Å². The Morgan fingerprint density at radius 2 is 1.79 bits per heavy atom. The van der Waals surface area contributed by atoms with Crippen molar-refractivity contribution in [2.45, 2.75) is 12.5 Å². The van der Waals surface area contributed by atoms with E-state index in [0.29, 0.717) is 24.5 Å². The Kier molecular flexibility index (Phi) is 6.46. The summed E-state index contributed by atoms with van der Waals surface area (Å²) in [4.78, 5) is 25.4. The van der Waals surface area contributed by atoms with Crippen LogP contribution in [0.5, 0.6) is 11.5 Å². The minimum Gasteiger partial charge on any atom is -0.549 e. The van der Waals surface area contributed by atoms with E-state index < -0.39 is 5.97 Å². The third-order valence-corrected chi connectivity index (χ3v) is 5.65. The summed E-state index contributed by atoms with van der Waals surface area (Å²) < 4.78 is 10.9. The molecule has 2 aromatic carbocycles. The summed E-state index contributed by atoms with van der Waals surface area (Å²) in [7, 11) is 3.19. The number of methoxy groups -OCH3 is 2. The van der Waals surface area contributed by atoms with E-state index in [1.165, 1.54) is 0 Å². The second-order valence-corrected chi connectivity index (χ2v) is 7.41. The number of benzene rings is 2. The van der Waals surface area contributed by atoms with E-state index in [1.807, 2.05) is 47.4 Å². The summed E-state index contributed by atoms with van der Waals surface area (Å²) in [6, 6.07) is 13.4. The zero-order chi connectivity index (χ0) is 20.1. The summed E-state index contributed by atoms with van der Waals surface area (Å²) in [6.07, 6.45) is 0.690. The van der Waals surface area contributed by atoms with Crippen molar-refractivity contribution >= 4 is 23.6 Å². The van der Waals surface area contributed by atoms with E-state index in [0.717, 1.165) is 28.5 Å². The van der Waals surface area contributed by atoms with E-state index in [4.69, 9.17) is 9.47 Å². The number of amides is 1. The van der Waals surface area contributed by atoms with Gasteiger partial charge in [-0.15, -0.1) is 11.8 Å². The lowest BCUT2D eigenvalue weighted by Crippen LogP contribution is -2.41. The molecule has 0 fully saturated rings. The van der Waals surface area contributed by atoms with Crippen LogP contribution in [0.25, 0.3) is 0 Å². The van der Waals surface area contributed by atoms with Gasteiger partial charge >= 0.3 is 0 Å². The lowest BCUT2D eigenvalue weighted by molar-refractivity contribution is -0.301. The number of aliphatic carboxylic acids is 1. The normalized spacial score (nSPS) is 15.6. The highest BCUT2D eigenvalue weighted by Crippen LogP contribution is 2.41. The molecule has 1 aliphatic rings. The molecule has 6 nitrogen and oxygen atoms in total. The second kappa shape index (κ2) is 9.01. The number of rotatable bonds is 7. The van der Waals surface area contributed by atoms with Crippen LogP contribution in [0.15, 0.2) is 42.5 Å². The number of hydrogen-bond acceptors (Lipinski definition) is 6. The predicted octanol–water partition coefficient (Wildman–Crippen LogP) is 1.66. The molecule has 7 heteroatoms. The Hall–Kier alpha value is -2.67. The number of ether oxygens (including phenoxy) is 2. The van der Waals surface area contributed by atoms with Crippen molar-refractivity contribution in [3.05, 3.63) is 59.2 Å². The molecule has 1 heterocycles. The van der Waals surface area contributed by atoms with E-state index in [2.05, 4.69) is 0 Å². The number of carbonyl (C=O) groups is 2. The lowest BCUT2D eigenvalue weighted by atomic mass is 9.87. The fourth-order valence-electron chi connectivity index (χ4n) is 3.51. The van der Waals surface area contributed by atoms with Gasteiger partial charge in [0.05, 0.1) is 32.0 Å². The van der Waals surface area contributed by atoms with Gasteiger partial charge in [-0.1, -0.05) is 30.3 Å². The number of carbonyl (C=O) groups excluding carboxylic acids is 2. The molecule has 0 spiro atoms. The maximum atomic E-state index is 12.9. The molecule has 3 rings (SSSR count). The van der Waals surface area contributed by atoms with Gasteiger partial charge in [0.15, 0.2) is 11.5 Å². The molecule has 1 atom stereocenters. The van der Waals surface area contributed by atoms with Gasteiger partial charge in [0, 0.05) is 12.3 Å². The van der Waals surface area contributed by atoms with Gasteiger partial charge in [-0.25, -0.2) is 0 Å². The fraction of sp³-hybridized carbons (Fsp3) is 0.333. The Morgan fingerprint density at radius 3 is 2.43 bits per heavy atom. The minimum atomic E-state index is -1.17. The second-order valence-electron chi connectivity index (χ2n) is 6.42. The van der Waals surface area contributed by atoms with Gasteiger partial charge in [-0.2, -0.15) is 0 Å². The van der Waals surface area contributed by atoms with Crippen LogP contribution in [0.1, 0.15) is 22.7 Å². The maximum absolute atomic E-state index is 12.9. The van der Waals surface area contributed by atoms with Gasteiger partial charge in [0.1, 0.15) is 0 Å². The highest BCUT2D eigenvalue weighted by atomic mass is 32.2. The Bertz CT molecular complexity index is 855. The summed E-state index contributed by atoms with van der Waals surface area (Å²) in [6.45, 7) is 0.548. The summed E-state index contributed by atoms with van der Waals surface area (Å²) >= 11 is 1.06. The molecule has 0 aliphatic carbocycles. The molecule has 0 N–H and O–H groups in total. The molecule has 2 aromatic rings. The third kappa shape index (κ3) is 4.25. The molecule has 28 heavy (non-hydrogen) atoms. The smallest absolute Gasteiger partial charge is 0.233 e. The molecule has 0 unspecified atom stereocenters. The van der Waals surface area contributed by atoms with Crippen LogP contribution in [-0.4, -0.2) is 49.0 Å². The first-order chi connectivity index (χ1) is 13.5. The van der Waals surface area contributed by atoms with Gasteiger partial charge in [-0.3, -0.25) is 4.79 Å². The molecule has 0 saturated carbocycles. The van der Waals surface area contributed by atoms with Crippen LogP contribution in [0, 0.1) is 0 Å². The van der Waals surface area contributed by atoms with Crippen molar-refractivity contribution in [1.82, 2.24) is 4.90 Å². The van der Waals surface area contributed by atoms with E-state index >= 15 is 0 Å². The van der Waals surface area contributed by atoms with Crippen LogP contribution in [0.4, 0.5) is 0 Å². The molecule has 1 aliphatic heterocycles. The molecule has 1 amide bonds. The number of carboxylic acids is 1. The van der Waals surface area contributed by atoms with E-state index in [-0.39, 0.29) is 23.5 Å². The van der Waals surface area contributed by atoms with Crippen molar-refractivity contribution in [3.63, 3.8) is 0 Å². The van der Waals surface area contributed by atoms with Crippen molar-refractivity contribution in [3.8, 4) is 11.5 Å². The average molecular weight is 400 g/mol. The number of nitrogens with zero attached hydrogens (tertiary/aromatic N) is 1. The lowest BCUT2D eigenvalue weighted by Gasteiger charge is -2.38. The minimum absolute atomic E-state index is 0.0967. The highest BCUT2D eigenvalue weighted by Gasteiger charge is 2.33. The summed E-state index contributed by atoms with van der Waals surface area (Å²) in [5.74, 6) is -0.0872. The predicted molar refractivity (Wildman–Crippen MR) is 106 cm³/mol. The molecular weight excluding hydrogens is 378 g/mol. The maximum Gasteiger partial charge on any atom is 0.233 e. The summed E-state index contributed by atoms with van der Waals surface area (Å²) in [5, 5.41) is 10.7. The Balaban J connectivity index is 1.99. The molecule has 148 valence electrons. The van der Waals surface area contributed by atoms with E-state index in [9.17, 15) is 14.7 Å². The first-order valence-electron chi connectivity index (χ1n) is 8.92. The van der Waals surface area contributed by atoms with Crippen molar-refractivity contribution in [2.24, 2.45) is 0 Å². The van der Waals surface area contributed by atoms with Gasteiger partial charge in [0.2, 0.25) is 5.91 Å². The zero-order valence-corrected chi connectivity index (χ0v) is 16.7. The van der Waals surface area contributed by atoms with Crippen LogP contribution in [0.3, 0.4) is 0 Å². The van der Waals surface area contributed by atoms with Crippen molar-refractivity contribution < 1.29 is 24.2 Å². The number of carboxylic acid groups (broad SMARTS) is 1. The molecule has 0 saturated heterocycles. The van der Waals surface area contributed by atoms with Crippen molar-refractivity contribution in [2.75, 3.05) is 32.3 Å². The number of fused-ring (bicyclic) bond motifs is 1. The van der Waals surface area contributed by atoms with Crippen molar-refractivity contribution in [1.29, 1.82) is 0 Å². The van der Waals surface area contributed by atoms with Crippen LogP contribution in [0.2, 0.25) is 0 Å². The van der Waals surface area contributed by atoms with Crippen LogP contribution < -0.4 is 14.6 Å². The third-order valence-electron chi connectivity index (χ3n) is 4.75. The quantitative estimate of drug-likeness (QED) is 0.703. The van der Waals surface area contributed by atoms with Gasteiger partial charge in [-0.05, 0) is 35.2 Å². The van der Waals surface area contributed by atoms with Crippen LogP contribution >= 0.6 is 11.8 Å². The summed E-state index contributed by atoms with van der Waals surface area (Å²) in [5.41, 5.74) is 3.10. The molecule has 0 aromatic heterocycles. The highest BCUT2D eigenvalue weighted by molar-refractivity contribution is 8.00. The molecule has 0 radical (unpaired) electrons. The Morgan fingerprint density at radius 1 is 1.11 bits per heavy atom. The zero-order valence-electron chi connectivity index (χ0n) is 15.8. The molecule has 0 bridgehead atoms. The fourth-order valence-corrected chi connectivity index (χ4v) is 4.12. The topological polar surface area (TPSA) is 78.9 Å². The molecular formula is C21H22NO5S-. The first kappa shape index (κ1) is 20.1. The largest absolute Gasteiger partial charge is 0.549 e. The standard InChI is InChI=1S/C21H23NO5S/c1-26-17-10-15-8-9-22(19(23)12-28-13-20(24)25)21(14-6-4-3-5-7-14)16(15)11-18(17)27-2/h3-7,10-11,21H,8-9,12-13H2,1-2H3,(H,24,25)/p-1/t21-/m1/s1. The van der Waals surface area contributed by atoms with E-state index in [1.54, 1.807) is 14.2 Å². The average Bonchev–Trinajstić information content (AvgIpc) is 2.72. The monoisotopic (exact) mass is 400 g/mol. The van der Waals surface area contributed by atoms with Crippen LogP contribution in [-0.2, 0) is 16.0 Å². The SMILES string of the molecule is COc1cc2c(cc1OC)[C@@H](c1ccccc1)N(C(=O)CSCC(=O)[O-])CC2.